The number of anilines is 1. The molecule has 5 nitrogen and oxygen atoms in total. The minimum atomic E-state index is -0.216. The molecule has 6 heteroatoms. The van der Waals surface area contributed by atoms with E-state index >= 15 is 0 Å². The molecule has 2 unspecified atom stereocenters. The summed E-state index contributed by atoms with van der Waals surface area (Å²) in [6.45, 7) is 4.31. The molecule has 3 N–H and O–H groups in total. The summed E-state index contributed by atoms with van der Waals surface area (Å²) in [6.07, 6.45) is 3.85. The van der Waals surface area contributed by atoms with Gasteiger partial charge in [0.2, 0.25) is 11.8 Å². The fraction of sp³-hybridized carbons (Fsp3) is 0.556. The van der Waals surface area contributed by atoms with Crippen LogP contribution in [0.15, 0.2) is 24.3 Å². The molecule has 2 rings (SSSR count). The van der Waals surface area contributed by atoms with Crippen molar-refractivity contribution in [3.05, 3.63) is 29.8 Å². The highest BCUT2D eigenvalue weighted by Gasteiger charge is 2.24. The molecule has 2 atom stereocenters. The highest BCUT2D eigenvalue weighted by molar-refractivity contribution is 7.98. The van der Waals surface area contributed by atoms with Crippen LogP contribution >= 0.6 is 11.8 Å². The molecule has 1 heterocycles. The van der Waals surface area contributed by atoms with Crippen molar-refractivity contribution >= 4 is 29.3 Å². The molecule has 1 saturated heterocycles. The molecule has 2 amide bonds. The number of carbonyl (C=O) groups is 2. The highest BCUT2D eigenvalue weighted by atomic mass is 32.2. The lowest BCUT2D eigenvalue weighted by Gasteiger charge is -2.31. The number of para-hydroxylation sites is 1. The Bertz CT molecular complexity index is 579. The van der Waals surface area contributed by atoms with Gasteiger partial charge < -0.3 is 11.1 Å². The Morgan fingerprint density at radius 3 is 2.88 bits per heavy atom. The summed E-state index contributed by atoms with van der Waals surface area (Å²) >= 11 is 1.67. The first-order chi connectivity index (χ1) is 11.5. The third-order valence-electron chi connectivity index (χ3n) is 4.44. The normalized spacial score (nSPS) is 19.7. The monoisotopic (exact) mass is 349 g/mol. The van der Waals surface area contributed by atoms with E-state index in [0.29, 0.717) is 6.54 Å². The number of primary amides is 1. The van der Waals surface area contributed by atoms with Gasteiger partial charge in [-0.2, -0.15) is 11.8 Å². The fourth-order valence-corrected chi connectivity index (χ4v) is 3.69. The van der Waals surface area contributed by atoms with E-state index in [1.165, 1.54) is 0 Å². The molecule has 0 bridgehead atoms. The van der Waals surface area contributed by atoms with E-state index < -0.39 is 0 Å². The lowest BCUT2D eigenvalue weighted by Crippen LogP contribution is -2.40. The summed E-state index contributed by atoms with van der Waals surface area (Å²) in [5, 5.41) is 3.05. The number of hydrogen-bond donors (Lipinski definition) is 2. The highest BCUT2D eigenvalue weighted by Crippen LogP contribution is 2.22. The molecule has 24 heavy (non-hydrogen) atoms. The molecular weight excluding hydrogens is 322 g/mol. The SMILES string of the molecule is CSCC(C)C(=O)Nc1ccccc1CN1CCCC(C(N)=O)C1. The van der Waals surface area contributed by atoms with Crippen molar-refractivity contribution in [2.45, 2.75) is 26.3 Å². The number of piperidine rings is 1. The van der Waals surface area contributed by atoms with Gasteiger partial charge in [0.05, 0.1) is 5.92 Å². The van der Waals surface area contributed by atoms with E-state index in [0.717, 1.165) is 42.9 Å². The van der Waals surface area contributed by atoms with E-state index in [4.69, 9.17) is 5.73 Å². The Kier molecular flexibility index (Phi) is 7.12. The molecule has 132 valence electrons. The van der Waals surface area contributed by atoms with Crippen LogP contribution in [0.25, 0.3) is 0 Å². The van der Waals surface area contributed by atoms with E-state index in [9.17, 15) is 9.59 Å². The van der Waals surface area contributed by atoms with Crippen LogP contribution in [0.1, 0.15) is 25.3 Å². The smallest absolute Gasteiger partial charge is 0.228 e. The van der Waals surface area contributed by atoms with Crippen LogP contribution in [0.5, 0.6) is 0 Å². The molecule has 1 aromatic rings. The topological polar surface area (TPSA) is 75.4 Å². The number of benzene rings is 1. The standard InChI is InChI=1S/C18H27N3O2S/c1-13(12-24-2)18(23)20-16-8-4-3-6-14(16)10-21-9-5-7-15(11-21)17(19)22/h3-4,6,8,13,15H,5,7,9-12H2,1-2H3,(H2,19,22)(H,20,23). The minimum absolute atomic E-state index is 0.0257. The maximum Gasteiger partial charge on any atom is 0.228 e. The Hall–Kier alpha value is -1.53. The van der Waals surface area contributed by atoms with Gasteiger partial charge in [0.15, 0.2) is 0 Å². The first kappa shape index (κ1) is 18.8. The van der Waals surface area contributed by atoms with E-state index in [-0.39, 0.29) is 23.7 Å². The van der Waals surface area contributed by atoms with Gasteiger partial charge in [0, 0.05) is 30.4 Å². The van der Waals surface area contributed by atoms with Gasteiger partial charge in [-0.3, -0.25) is 14.5 Å². The first-order valence-electron chi connectivity index (χ1n) is 8.40. The average molecular weight is 350 g/mol. The second-order valence-corrected chi connectivity index (χ2v) is 7.39. The Morgan fingerprint density at radius 2 is 2.17 bits per heavy atom. The summed E-state index contributed by atoms with van der Waals surface area (Å²) in [7, 11) is 0. The van der Waals surface area contributed by atoms with Crippen molar-refractivity contribution in [1.29, 1.82) is 0 Å². The summed E-state index contributed by atoms with van der Waals surface area (Å²) < 4.78 is 0. The van der Waals surface area contributed by atoms with Gasteiger partial charge in [0.1, 0.15) is 0 Å². The number of nitrogens with zero attached hydrogens (tertiary/aromatic N) is 1. The van der Waals surface area contributed by atoms with E-state index in [1.54, 1.807) is 11.8 Å². The van der Waals surface area contributed by atoms with Crippen molar-refractivity contribution in [3.63, 3.8) is 0 Å². The molecule has 0 radical (unpaired) electrons. The third kappa shape index (κ3) is 5.24. The molecule has 0 saturated carbocycles. The van der Waals surface area contributed by atoms with Gasteiger partial charge >= 0.3 is 0 Å². The van der Waals surface area contributed by atoms with Gasteiger partial charge in [-0.05, 0) is 37.3 Å². The Morgan fingerprint density at radius 1 is 1.42 bits per heavy atom. The molecule has 0 aliphatic carbocycles. The predicted molar refractivity (Wildman–Crippen MR) is 99.8 cm³/mol. The maximum absolute atomic E-state index is 12.3. The zero-order chi connectivity index (χ0) is 17.5. The Balaban J connectivity index is 2.03. The number of thioether (sulfide) groups is 1. The largest absolute Gasteiger partial charge is 0.369 e. The van der Waals surface area contributed by atoms with Gasteiger partial charge in [-0.25, -0.2) is 0 Å². The van der Waals surface area contributed by atoms with E-state index in [1.807, 2.05) is 37.4 Å². The van der Waals surface area contributed by atoms with Gasteiger partial charge in [-0.15, -0.1) is 0 Å². The molecule has 1 aliphatic heterocycles. The summed E-state index contributed by atoms with van der Waals surface area (Å²) in [5.74, 6) is 0.544. The van der Waals surface area contributed by atoms with Gasteiger partial charge in [0.25, 0.3) is 0 Å². The average Bonchev–Trinajstić information content (AvgIpc) is 2.57. The summed E-state index contributed by atoms with van der Waals surface area (Å²) in [4.78, 5) is 26.0. The van der Waals surface area contributed by atoms with Crippen molar-refractivity contribution in [1.82, 2.24) is 4.90 Å². The number of hydrogen-bond acceptors (Lipinski definition) is 4. The minimum Gasteiger partial charge on any atom is -0.369 e. The molecule has 0 spiro atoms. The molecular formula is C18H27N3O2S. The lowest BCUT2D eigenvalue weighted by molar-refractivity contribution is -0.123. The van der Waals surface area contributed by atoms with Crippen LogP contribution in [0, 0.1) is 11.8 Å². The molecule has 1 aromatic carbocycles. The van der Waals surface area contributed by atoms with Crippen molar-refractivity contribution in [2.75, 3.05) is 30.4 Å². The maximum atomic E-state index is 12.3. The van der Waals surface area contributed by atoms with Crippen LogP contribution in [-0.2, 0) is 16.1 Å². The third-order valence-corrected chi connectivity index (χ3v) is 5.27. The second-order valence-electron chi connectivity index (χ2n) is 6.48. The fourth-order valence-electron chi connectivity index (χ4n) is 3.03. The van der Waals surface area contributed by atoms with Gasteiger partial charge in [-0.1, -0.05) is 25.1 Å². The Labute approximate surface area is 148 Å². The van der Waals surface area contributed by atoms with Crippen molar-refractivity contribution in [3.8, 4) is 0 Å². The lowest BCUT2D eigenvalue weighted by atomic mass is 9.97. The quantitative estimate of drug-likeness (QED) is 0.792. The van der Waals surface area contributed by atoms with E-state index in [2.05, 4.69) is 10.2 Å². The van der Waals surface area contributed by atoms with Crippen molar-refractivity contribution in [2.24, 2.45) is 17.6 Å². The number of rotatable bonds is 7. The van der Waals surface area contributed by atoms with Crippen LogP contribution in [0.2, 0.25) is 0 Å². The number of likely N-dealkylation sites (tertiary alicyclic amines) is 1. The zero-order valence-electron chi connectivity index (χ0n) is 14.5. The predicted octanol–water partition coefficient (Wildman–Crippen LogP) is 2.32. The summed E-state index contributed by atoms with van der Waals surface area (Å²) in [5.41, 5.74) is 7.39. The number of nitrogens with two attached hydrogens (primary N) is 1. The molecule has 0 aromatic heterocycles. The second kappa shape index (κ2) is 9.08. The molecule has 1 aliphatic rings. The number of nitrogens with one attached hydrogen (secondary N) is 1. The van der Waals surface area contributed by atoms with Crippen LogP contribution in [0.3, 0.4) is 0 Å². The summed E-state index contributed by atoms with van der Waals surface area (Å²) in [6, 6.07) is 7.88. The number of carbonyl (C=O) groups excluding carboxylic acids is 2. The van der Waals surface area contributed by atoms with Crippen LogP contribution in [0.4, 0.5) is 5.69 Å². The first-order valence-corrected chi connectivity index (χ1v) is 9.80. The number of amides is 2. The molecule has 1 fully saturated rings. The van der Waals surface area contributed by atoms with Crippen molar-refractivity contribution < 1.29 is 9.59 Å². The van der Waals surface area contributed by atoms with Crippen LogP contribution in [-0.4, -0.2) is 41.8 Å². The zero-order valence-corrected chi connectivity index (χ0v) is 15.3. The van der Waals surface area contributed by atoms with Crippen LogP contribution < -0.4 is 11.1 Å².